The van der Waals surface area contributed by atoms with Crippen LogP contribution >= 0.6 is 0 Å². The Morgan fingerprint density at radius 1 is 0.864 bits per heavy atom. The second-order valence-corrected chi connectivity index (χ2v) is 13.1. The van der Waals surface area contributed by atoms with Crippen molar-refractivity contribution in [3.63, 3.8) is 0 Å². The molecule has 4 aromatic rings. The first kappa shape index (κ1) is 31.5. The number of hydrogen-bond donors (Lipinski definition) is 0. The quantitative estimate of drug-likeness (QED) is 0.129. The minimum absolute atomic E-state index is 0.0344. The summed E-state index contributed by atoms with van der Waals surface area (Å²) in [6, 6.07) is 28.9. The van der Waals surface area contributed by atoms with Gasteiger partial charge in [0.05, 0.1) is 0 Å². The number of nitrogens with zero attached hydrogens (tertiary/aromatic N) is 3. The second-order valence-electron chi connectivity index (χ2n) is 13.1. The van der Waals surface area contributed by atoms with Gasteiger partial charge >= 0.3 is 6.85 Å². The van der Waals surface area contributed by atoms with E-state index in [1.165, 1.54) is 44.7 Å². The summed E-state index contributed by atoms with van der Waals surface area (Å²) in [4.78, 5) is 2.54. The predicted octanol–water partition coefficient (Wildman–Crippen LogP) is 7.97. The number of anilines is 1. The van der Waals surface area contributed by atoms with Crippen molar-refractivity contribution in [2.75, 3.05) is 4.81 Å². The van der Waals surface area contributed by atoms with Crippen molar-refractivity contribution >= 4 is 18.1 Å². The Labute approximate surface area is 266 Å². The molecule has 226 valence electrons. The van der Waals surface area contributed by atoms with Crippen molar-refractivity contribution in [2.24, 2.45) is 13.0 Å². The van der Waals surface area contributed by atoms with E-state index in [2.05, 4.69) is 172 Å². The summed E-state index contributed by atoms with van der Waals surface area (Å²) in [5.41, 5.74) is 10.8. The van der Waals surface area contributed by atoms with Gasteiger partial charge in [0, 0.05) is 49.2 Å². The Morgan fingerprint density at radius 3 is 2.30 bits per heavy atom. The number of allylic oxidation sites excluding steroid dienone is 3. The lowest BCUT2D eigenvalue weighted by Crippen LogP contribution is -2.71. The zero-order valence-electron chi connectivity index (χ0n) is 27.9. The third-order valence-electron chi connectivity index (χ3n) is 9.64. The number of rotatable bonds is 11. The van der Waals surface area contributed by atoms with E-state index in [1.54, 1.807) is 0 Å². The van der Waals surface area contributed by atoms with Gasteiger partial charge in [0.2, 0.25) is 5.69 Å². The fourth-order valence-electron chi connectivity index (χ4n) is 7.41. The zero-order chi connectivity index (χ0) is 31.3. The normalized spacial score (nSPS) is 15.2. The summed E-state index contributed by atoms with van der Waals surface area (Å²) < 4.78 is 4.86. The minimum Gasteiger partial charge on any atom is -0.378 e. The fraction of sp³-hybridized carbons (Fsp3) is 0.350. The highest BCUT2D eigenvalue weighted by Gasteiger charge is 2.44. The molecule has 0 N–H and O–H groups in total. The van der Waals surface area contributed by atoms with Crippen molar-refractivity contribution in [3.05, 3.63) is 132 Å². The number of pyridine rings is 2. The van der Waals surface area contributed by atoms with E-state index < -0.39 is 0 Å². The molecule has 0 radical (unpaired) electrons. The molecule has 4 heteroatoms. The average molecular weight is 584 g/mol. The molecule has 0 bridgehead atoms. The van der Waals surface area contributed by atoms with Crippen molar-refractivity contribution in [1.82, 2.24) is 0 Å². The van der Waals surface area contributed by atoms with Crippen LogP contribution in [-0.2, 0) is 19.0 Å². The lowest BCUT2D eigenvalue weighted by atomic mass is 9.48. The number of hydrogen-bond acceptors (Lipinski definition) is 1. The standard InChI is InChI=1S/C40H50BN3/c1-8-18-35-22-17-28-44(39-32(4)19-16-20-33(39)5)41(35)38-25-13-15-27-43(38)40(6,9-2)30-31(3)29-34-21-10-11-23-36(34)37-24-12-14-26-42(37)7/h10-17,19-28,31H,8-9,18,29-30H2,1-7H3/q+2. The topological polar surface area (TPSA) is 11.0 Å². The number of para-hydroxylation sites is 1. The highest BCUT2D eigenvalue weighted by molar-refractivity contribution is 6.82. The summed E-state index contributed by atoms with van der Waals surface area (Å²) in [7, 11) is 2.14. The molecular formula is C40H50BN3+2. The van der Waals surface area contributed by atoms with E-state index in [0.29, 0.717) is 5.92 Å². The van der Waals surface area contributed by atoms with Gasteiger partial charge in [-0.1, -0.05) is 81.2 Å². The van der Waals surface area contributed by atoms with Crippen LogP contribution in [0.1, 0.15) is 70.1 Å². The molecule has 1 aliphatic rings. The SMILES string of the molecule is CCCC1=CC=CN(c2c(C)cccc2C)B1c1cccc[n+]1C(C)(CC)CC(C)Cc1ccccc1-c1cccc[n+]1C. The zero-order valence-corrected chi connectivity index (χ0v) is 27.9. The van der Waals surface area contributed by atoms with Gasteiger partial charge in [0.1, 0.15) is 7.05 Å². The molecule has 2 aromatic heterocycles. The van der Waals surface area contributed by atoms with Crippen molar-refractivity contribution in [3.8, 4) is 11.3 Å². The molecule has 1 aliphatic heterocycles. The third-order valence-corrected chi connectivity index (χ3v) is 9.64. The number of aryl methyl sites for hydroxylation is 3. The van der Waals surface area contributed by atoms with Crippen LogP contribution in [-0.4, -0.2) is 6.85 Å². The van der Waals surface area contributed by atoms with Crippen LogP contribution in [0.3, 0.4) is 0 Å². The Balaban J connectivity index is 1.52. The molecule has 0 spiro atoms. The lowest BCUT2D eigenvalue weighted by Gasteiger charge is -2.35. The number of benzene rings is 2. The Hall–Kier alpha value is -3.92. The van der Waals surface area contributed by atoms with E-state index in [9.17, 15) is 0 Å². The summed E-state index contributed by atoms with van der Waals surface area (Å²) in [6.45, 7) is 14.2. The first-order valence-electron chi connectivity index (χ1n) is 16.5. The van der Waals surface area contributed by atoms with Gasteiger partial charge in [-0.25, -0.2) is 9.13 Å². The fourth-order valence-corrected chi connectivity index (χ4v) is 7.41. The van der Waals surface area contributed by atoms with Crippen molar-refractivity contribution in [2.45, 2.75) is 79.2 Å². The van der Waals surface area contributed by atoms with Crippen LogP contribution in [0, 0.1) is 19.8 Å². The molecule has 2 aromatic carbocycles. The Morgan fingerprint density at radius 2 is 1.57 bits per heavy atom. The van der Waals surface area contributed by atoms with E-state index in [4.69, 9.17) is 0 Å². The van der Waals surface area contributed by atoms with Crippen LogP contribution in [0.5, 0.6) is 0 Å². The summed E-state index contributed by atoms with van der Waals surface area (Å²) in [5, 5.41) is 0. The molecular weight excluding hydrogens is 533 g/mol. The first-order valence-corrected chi connectivity index (χ1v) is 16.5. The Bertz CT molecular complexity index is 1630. The summed E-state index contributed by atoms with van der Waals surface area (Å²) >= 11 is 0. The molecule has 0 fully saturated rings. The van der Waals surface area contributed by atoms with Gasteiger partial charge in [-0.3, -0.25) is 0 Å². The summed E-state index contributed by atoms with van der Waals surface area (Å²) in [6.07, 6.45) is 16.8. The van der Waals surface area contributed by atoms with Gasteiger partial charge in [-0.15, -0.1) is 0 Å². The highest BCUT2D eigenvalue weighted by Crippen LogP contribution is 2.32. The highest BCUT2D eigenvalue weighted by atomic mass is 15.1. The molecule has 5 rings (SSSR count). The van der Waals surface area contributed by atoms with Crippen LogP contribution in [0.15, 0.2) is 115 Å². The van der Waals surface area contributed by atoms with E-state index >= 15 is 0 Å². The van der Waals surface area contributed by atoms with E-state index in [-0.39, 0.29) is 12.4 Å². The van der Waals surface area contributed by atoms with Crippen LogP contribution in [0.2, 0.25) is 0 Å². The molecule has 2 atom stereocenters. The molecule has 44 heavy (non-hydrogen) atoms. The van der Waals surface area contributed by atoms with Crippen molar-refractivity contribution < 1.29 is 9.13 Å². The Kier molecular flexibility index (Phi) is 9.88. The van der Waals surface area contributed by atoms with Gasteiger partial charge in [0.15, 0.2) is 23.5 Å². The van der Waals surface area contributed by atoms with Crippen LogP contribution in [0.25, 0.3) is 11.3 Å². The predicted molar refractivity (Wildman–Crippen MR) is 187 cm³/mol. The molecule has 3 heterocycles. The molecule has 0 amide bonds. The third kappa shape index (κ3) is 6.45. The number of aromatic nitrogens is 2. The van der Waals surface area contributed by atoms with Crippen molar-refractivity contribution in [1.29, 1.82) is 0 Å². The van der Waals surface area contributed by atoms with Crippen LogP contribution < -0.4 is 19.5 Å². The molecule has 0 aliphatic carbocycles. The van der Waals surface area contributed by atoms with Gasteiger partial charge in [0.25, 0.3) is 0 Å². The molecule has 0 saturated carbocycles. The van der Waals surface area contributed by atoms with E-state index in [1.807, 2.05) is 0 Å². The van der Waals surface area contributed by atoms with Gasteiger partial charge in [-0.05, 0) is 79.8 Å². The second kappa shape index (κ2) is 13.8. The minimum atomic E-state index is -0.0344. The largest absolute Gasteiger partial charge is 0.404 e. The summed E-state index contributed by atoms with van der Waals surface area (Å²) in [5.74, 6) is 0.502. The monoisotopic (exact) mass is 583 g/mol. The molecule has 0 saturated heterocycles. The maximum Gasteiger partial charge on any atom is 0.404 e. The smallest absolute Gasteiger partial charge is 0.378 e. The average Bonchev–Trinajstić information content (AvgIpc) is 3.02. The maximum absolute atomic E-state index is 2.63. The van der Waals surface area contributed by atoms with Gasteiger partial charge < -0.3 is 4.81 Å². The first-order chi connectivity index (χ1) is 21.3. The molecule has 3 nitrogen and oxygen atoms in total. The van der Waals surface area contributed by atoms with Gasteiger partial charge in [-0.2, -0.15) is 0 Å². The molecule has 2 unspecified atom stereocenters. The maximum atomic E-state index is 2.63. The lowest BCUT2D eigenvalue weighted by molar-refractivity contribution is -0.749. The van der Waals surface area contributed by atoms with Crippen LogP contribution in [0.4, 0.5) is 5.69 Å². The van der Waals surface area contributed by atoms with E-state index in [0.717, 1.165) is 32.1 Å².